The molecular formula is C20H24N4O2. The normalized spacial score (nSPS) is 23.3. The van der Waals surface area contributed by atoms with Gasteiger partial charge < -0.3 is 19.0 Å². The average molecular weight is 352 g/mol. The van der Waals surface area contributed by atoms with Gasteiger partial charge in [-0.25, -0.2) is 4.98 Å². The summed E-state index contributed by atoms with van der Waals surface area (Å²) in [6.07, 6.45) is 2.08. The van der Waals surface area contributed by atoms with Gasteiger partial charge in [-0.2, -0.15) is 5.26 Å². The first kappa shape index (κ1) is 16.9. The third-order valence-corrected chi connectivity index (χ3v) is 5.39. The molecule has 2 aromatic rings. The maximum absolute atomic E-state index is 9.50. The summed E-state index contributed by atoms with van der Waals surface area (Å²) in [5.41, 5.74) is 1.69. The second-order valence-corrected chi connectivity index (χ2v) is 7.18. The van der Waals surface area contributed by atoms with Gasteiger partial charge in [0.1, 0.15) is 11.8 Å². The van der Waals surface area contributed by atoms with Crippen molar-refractivity contribution in [1.82, 2.24) is 9.88 Å². The van der Waals surface area contributed by atoms with Crippen molar-refractivity contribution in [2.45, 2.75) is 24.7 Å². The summed E-state index contributed by atoms with van der Waals surface area (Å²) in [4.78, 5) is 9.00. The van der Waals surface area contributed by atoms with Crippen LogP contribution >= 0.6 is 0 Å². The molecule has 0 amide bonds. The van der Waals surface area contributed by atoms with Crippen LogP contribution in [-0.2, 0) is 0 Å². The Hall–Kier alpha value is -2.52. The van der Waals surface area contributed by atoms with Gasteiger partial charge in [0.05, 0.1) is 7.11 Å². The van der Waals surface area contributed by atoms with Gasteiger partial charge in [-0.05, 0) is 50.0 Å². The molecule has 2 unspecified atom stereocenters. The Morgan fingerprint density at radius 1 is 1.15 bits per heavy atom. The lowest BCUT2D eigenvalue weighted by atomic mass is 10.1. The van der Waals surface area contributed by atoms with E-state index < -0.39 is 0 Å². The number of hydrogen-bond donors (Lipinski definition) is 0. The van der Waals surface area contributed by atoms with Crippen molar-refractivity contribution in [3.8, 4) is 11.8 Å². The lowest BCUT2D eigenvalue weighted by Crippen LogP contribution is -2.28. The standard InChI is InChI=1S/C20H24N4O2/c1-23-8-3-9-24(11-10-23)20-18(13-21)22-19(26-20)17-12-16(17)14-4-6-15(25-2)7-5-14/h4-7,16-17H,3,8-12H2,1-2H3. The molecule has 6 nitrogen and oxygen atoms in total. The summed E-state index contributed by atoms with van der Waals surface area (Å²) < 4.78 is 11.3. The summed E-state index contributed by atoms with van der Waals surface area (Å²) in [6, 6.07) is 10.4. The molecule has 1 saturated carbocycles. The van der Waals surface area contributed by atoms with E-state index >= 15 is 0 Å². The van der Waals surface area contributed by atoms with Gasteiger partial charge in [0.15, 0.2) is 0 Å². The minimum absolute atomic E-state index is 0.263. The number of nitriles is 1. The zero-order valence-corrected chi connectivity index (χ0v) is 15.3. The Morgan fingerprint density at radius 3 is 2.69 bits per heavy atom. The van der Waals surface area contributed by atoms with Crippen LogP contribution in [0, 0.1) is 11.3 Å². The number of rotatable bonds is 4. The number of likely N-dealkylation sites (N-methyl/N-ethyl adjacent to an activating group) is 1. The highest BCUT2D eigenvalue weighted by Crippen LogP contribution is 2.55. The first-order valence-electron chi connectivity index (χ1n) is 9.18. The average Bonchev–Trinajstić information content (AvgIpc) is 3.40. The van der Waals surface area contributed by atoms with Crippen LogP contribution in [0.1, 0.15) is 41.8 Å². The zero-order chi connectivity index (χ0) is 18.1. The highest BCUT2D eigenvalue weighted by molar-refractivity contribution is 5.49. The number of hydrogen-bond acceptors (Lipinski definition) is 6. The molecule has 26 heavy (non-hydrogen) atoms. The van der Waals surface area contributed by atoms with E-state index in [2.05, 4.69) is 40.0 Å². The summed E-state index contributed by atoms with van der Waals surface area (Å²) >= 11 is 0. The van der Waals surface area contributed by atoms with E-state index in [1.807, 2.05) is 12.1 Å². The third-order valence-electron chi connectivity index (χ3n) is 5.39. The van der Waals surface area contributed by atoms with Gasteiger partial charge in [-0.15, -0.1) is 0 Å². The van der Waals surface area contributed by atoms with E-state index in [4.69, 9.17) is 9.15 Å². The zero-order valence-electron chi connectivity index (χ0n) is 15.3. The molecule has 2 aliphatic rings. The number of anilines is 1. The molecule has 0 N–H and O–H groups in total. The third kappa shape index (κ3) is 3.27. The summed E-state index contributed by atoms with van der Waals surface area (Å²) in [7, 11) is 3.80. The monoisotopic (exact) mass is 352 g/mol. The van der Waals surface area contributed by atoms with Crippen molar-refractivity contribution < 1.29 is 9.15 Å². The van der Waals surface area contributed by atoms with E-state index in [-0.39, 0.29) is 5.92 Å². The van der Waals surface area contributed by atoms with Gasteiger partial charge >= 0.3 is 0 Å². The highest BCUT2D eigenvalue weighted by Gasteiger charge is 2.44. The van der Waals surface area contributed by atoms with Gasteiger partial charge in [-0.1, -0.05) is 12.1 Å². The van der Waals surface area contributed by atoms with Crippen LogP contribution in [0.5, 0.6) is 5.75 Å². The van der Waals surface area contributed by atoms with Crippen molar-refractivity contribution in [2.24, 2.45) is 0 Å². The first-order chi connectivity index (χ1) is 12.7. The molecule has 0 radical (unpaired) electrons. The number of methoxy groups -OCH3 is 1. The predicted octanol–water partition coefficient (Wildman–Crippen LogP) is 2.97. The first-order valence-corrected chi connectivity index (χ1v) is 9.18. The molecule has 0 spiro atoms. The van der Waals surface area contributed by atoms with Gasteiger partial charge in [0.2, 0.25) is 17.5 Å². The SMILES string of the molecule is COc1ccc(C2CC2c2nc(C#N)c(N3CCCN(C)CC3)o2)cc1. The molecule has 2 atom stereocenters. The predicted molar refractivity (Wildman–Crippen MR) is 98.6 cm³/mol. The van der Waals surface area contributed by atoms with Gasteiger partial charge in [0, 0.05) is 25.6 Å². The molecule has 1 aliphatic heterocycles. The summed E-state index contributed by atoms with van der Waals surface area (Å²) in [5.74, 6) is 2.89. The lowest BCUT2D eigenvalue weighted by molar-refractivity contribution is 0.359. The minimum atomic E-state index is 0.263. The van der Waals surface area contributed by atoms with Crippen LogP contribution in [0.15, 0.2) is 28.7 Å². The molecule has 1 aromatic heterocycles. The number of ether oxygens (including phenoxy) is 1. The van der Waals surface area contributed by atoms with Crippen molar-refractivity contribution in [2.75, 3.05) is 45.2 Å². The fourth-order valence-electron chi connectivity index (χ4n) is 3.71. The van der Waals surface area contributed by atoms with Crippen LogP contribution in [0.4, 0.5) is 5.88 Å². The van der Waals surface area contributed by atoms with Crippen LogP contribution < -0.4 is 9.64 Å². The lowest BCUT2D eigenvalue weighted by Gasteiger charge is -2.19. The van der Waals surface area contributed by atoms with E-state index in [9.17, 15) is 5.26 Å². The molecule has 2 heterocycles. The maximum Gasteiger partial charge on any atom is 0.234 e. The number of oxazole rings is 1. The molecule has 1 aromatic carbocycles. The Kier molecular flexibility index (Phi) is 4.56. The second-order valence-electron chi connectivity index (χ2n) is 7.18. The summed E-state index contributed by atoms with van der Waals surface area (Å²) in [6.45, 7) is 3.81. The van der Waals surface area contributed by atoms with Crippen LogP contribution in [0.25, 0.3) is 0 Å². The van der Waals surface area contributed by atoms with E-state index in [0.717, 1.165) is 44.8 Å². The van der Waals surface area contributed by atoms with Crippen molar-refractivity contribution in [1.29, 1.82) is 5.26 Å². The Bertz CT molecular complexity index is 808. The molecular weight excluding hydrogens is 328 g/mol. The highest BCUT2D eigenvalue weighted by atomic mass is 16.5. The van der Waals surface area contributed by atoms with Crippen molar-refractivity contribution in [3.05, 3.63) is 41.4 Å². The molecule has 4 rings (SSSR count). The Labute approximate surface area is 154 Å². The van der Waals surface area contributed by atoms with Crippen molar-refractivity contribution >= 4 is 5.88 Å². The number of benzene rings is 1. The maximum atomic E-state index is 9.50. The molecule has 0 bridgehead atoms. The van der Waals surface area contributed by atoms with Crippen LogP contribution in [0.3, 0.4) is 0 Å². The van der Waals surface area contributed by atoms with Crippen LogP contribution in [0.2, 0.25) is 0 Å². The van der Waals surface area contributed by atoms with Gasteiger partial charge in [0.25, 0.3) is 0 Å². The van der Waals surface area contributed by atoms with E-state index in [1.54, 1.807) is 7.11 Å². The molecule has 1 aliphatic carbocycles. The second kappa shape index (κ2) is 7.00. The quantitative estimate of drug-likeness (QED) is 0.843. The van der Waals surface area contributed by atoms with E-state index in [1.165, 1.54) is 5.56 Å². The molecule has 6 heteroatoms. The largest absolute Gasteiger partial charge is 0.497 e. The fraction of sp³-hybridized carbons (Fsp3) is 0.500. The molecule has 136 valence electrons. The van der Waals surface area contributed by atoms with E-state index in [0.29, 0.717) is 23.4 Å². The van der Waals surface area contributed by atoms with Gasteiger partial charge in [-0.3, -0.25) is 0 Å². The molecule has 1 saturated heterocycles. The van der Waals surface area contributed by atoms with Crippen molar-refractivity contribution in [3.63, 3.8) is 0 Å². The fourth-order valence-corrected chi connectivity index (χ4v) is 3.71. The summed E-state index contributed by atoms with van der Waals surface area (Å²) in [5, 5.41) is 9.50. The van der Waals surface area contributed by atoms with Crippen LogP contribution in [-0.4, -0.2) is 50.2 Å². The Morgan fingerprint density at radius 2 is 1.96 bits per heavy atom. The topological polar surface area (TPSA) is 65.5 Å². The minimum Gasteiger partial charge on any atom is -0.497 e. The molecule has 2 fully saturated rings. The smallest absolute Gasteiger partial charge is 0.234 e. The number of nitrogens with zero attached hydrogens (tertiary/aromatic N) is 4. The Balaban J connectivity index is 1.51. The number of aromatic nitrogens is 1.